The van der Waals surface area contributed by atoms with Gasteiger partial charge in [0, 0.05) is 33.2 Å². The predicted molar refractivity (Wildman–Crippen MR) is 139 cm³/mol. The first-order valence-electron chi connectivity index (χ1n) is 10.7. The molecule has 1 fully saturated rings. The molecule has 1 heterocycles. The van der Waals surface area contributed by atoms with Crippen LogP contribution in [0.1, 0.15) is 30.4 Å². The van der Waals surface area contributed by atoms with Gasteiger partial charge in [0.05, 0.1) is 12.0 Å². The second kappa shape index (κ2) is 13.0. The van der Waals surface area contributed by atoms with Gasteiger partial charge in [-0.3, -0.25) is 4.99 Å². The molecule has 1 aliphatic heterocycles. The number of benzene rings is 2. The van der Waals surface area contributed by atoms with Crippen LogP contribution in [0, 0.1) is 0 Å². The summed E-state index contributed by atoms with van der Waals surface area (Å²) >= 11 is 0. The van der Waals surface area contributed by atoms with Crippen LogP contribution in [0.5, 0.6) is 5.75 Å². The van der Waals surface area contributed by atoms with Crippen molar-refractivity contribution in [3.63, 3.8) is 0 Å². The normalized spacial score (nSPS) is 15.0. The second-order valence-corrected chi connectivity index (χ2v) is 9.46. The highest BCUT2D eigenvalue weighted by Crippen LogP contribution is 2.21. The molecule has 2 aromatic carbocycles. The Kier molecular flexibility index (Phi) is 10.7. The van der Waals surface area contributed by atoms with Crippen molar-refractivity contribution >= 4 is 40.0 Å². The molecule has 3 rings (SSSR count). The molecule has 0 saturated carbocycles. The number of rotatable bonds is 8. The lowest BCUT2D eigenvalue weighted by Gasteiger charge is -2.26. The molecule has 0 bridgehead atoms. The fourth-order valence-corrected chi connectivity index (χ4v) is 5.29. The minimum Gasteiger partial charge on any atom is -0.496 e. The maximum absolute atomic E-state index is 12.9. The molecule has 2 N–H and O–H groups in total. The number of sulfonamides is 1. The Morgan fingerprint density at radius 3 is 2.53 bits per heavy atom. The largest absolute Gasteiger partial charge is 0.496 e. The average molecular weight is 573 g/mol. The molecule has 0 aliphatic carbocycles. The third-order valence-corrected chi connectivity index (χ3v) is 7.31. The van der Waals surface area contributed by atoms with Crippen LogP contribution in [-0.2, 0) is 23.0 Å². The molecule has 0 amide bonds. The summed E-state index contributed by atoms with van der Waals surface area (Å²) in [6.07, 6.45) is 3.75. The Balaban J connectivity index is 0.00000363. The van der Waals surface area contributed by atoms with Crippen LogP contribution in [0.25, 0.3) is 0 Å². The monoisotopic (exact) mass is 572 g/mol. The maximum Gasteiger partial charge on any atom is 0.243 e. The summed E-state index contributed by atoms with van der Waals surface area (Å²) in [5.74, 6) is 1.54. The number of ether oxygens (including phenoxy) is 1. The number of halogens is 1. The number of guanidine groups is 1. The van der Waals surface area contributed by atoms with Crippen molar-refractivity contribution < 1.29 is 13.2 Å². The first-order valence-corrected chi connectivity index (χ1v) is 12.1. The van der Waals surface area contributed by atoms with Crippen molar-refractivity contribution in [3.8, 4) is 5.75 Å². The number of hydrogen-bond donors (Lipinski definition) is 2. The van der Waals surface area contributed by atoms with Crippen LogP contribution in [0.15, 0.2) is 58.4 Å². The zero-order chi connectivity index (χ0) is 22.1. The Labute approximate surface area is 208 Å². The van der Waals surface area contributed by atoms with E-state index < -0.39 is 10.0 Å². The highest BCUT2D eigenvalue weighted by atomic mass is 127. The number of piperidine rings is 1. The van der Waals surface area contributed by atoms with E-state index in [1.165, 1.54) is 0 Å². The molecule has 2 aromatic rings. The van der Waals surface area contributed by atoms with Crippen LogP contribution >= 0.6 is 24.0 Å². The minimum absolute atomic E-state index is 0. The molecular weight excluding hydrogens is 539 g/mol. The minimum atomic E-state index is -3.43. The lowest BCUT2D eigenvalue weighted by atomic mass is 10.1. The molecule has 32 heavy (non-hydrogen) atoms. The Bertz CT molecular complexity index is 992. The molecule has 9 heteroatoms. The first kappa shape index (κ1) is 26.4. The maximum atomic E-state index is 12.9. The molecule has 7 nitrogen and oxygen atoms in total. The van der Waals surface area contributed by atoms with Crippen molar-refractivity contribution in [3.05, 3.63) is 59.7 Å². The van der Waals surface area contributed by atoms with Crippen molar-refractivity contribution in [2.24, 2.45) is 4.99 Å². The molecule has 176 valence electrons. The van der Waals surface area contributed by atoms with Gasteiger partial charge in [-0.15, -0.1) is 24.0 Å². The third kappa shape index (κ3) is 7.08. The number of para-hydroxylation sites is 1. The van der Waals surface area contributed by atoms with E-state index in [9.17, 15) is 8.42 Å². The van der Waals surface area contributed by atoms with E-state index in [1.807, 2.05) is 30.3 Å². The van der Waals surface area contributed by atoms with Crippen LogP contribution in [0.2, 0.25) is 0 Å². The van der Waals surface area contributed by atoms with Gasteiger partial charge in [0.25, 0.3) is 0 Å². The van der Waals surface area contributed by atoms with Crippen LogP contribution < -0.4 is 15.4 Å². The van der Waals surface area contributed by atoms with Gasteiger partial charge in [-0.1, -0.05) is 36.8 Å². The average Bonchev–Trinajstić information content (AvgIpc) is 2.82. The quantitative estimate of drug-likeness (QED) is 0.288. The van der Waals surface area contributed by atoms with E-state index in [-0.39, 0.29) is 24.0 Å². The van der Waals surface area contributed by atoms with E-state index in [4.69, 9.17) is 4.74 Å². The van der Waals surface area contributed by atoms with E-state index in [0.29, 0.717) is 37.0 Å². The van der Waals surface area contributed by atoms with Gasteiger partial charge in [-0.25, -0.2) is 8.42 Å². The number of methoxy groups -OCH3 is 1. The smallest absolute Gasteiger partial charge is 0.243 e. The van der Waals surface area contributed by atoms with Crippen LogP contribution in [0.4, 0.5) is 0 Å². The van der Waals surface area contributed by atoms with Crippen molar-refractivity contribution in [1.82, 2.24) is 14.9 Å². The third-order valence-electron chi connectivity index (χ3n) is 5.41. The van der Waals surface area contributed by atoms with Crippen molar-refractivity contribution in [2.45, 2.75) is 37.1 Å². The van der Waals surface area contributed by atoms with E-state index in [1.54, 1.807) is 36.7 Å². The molecule has 1 aliphatic rings. The Hall–Kier alpha value is -1.85. The topological polar surface area (TPSA) is 83.0 Å². The lowest BCUT2D eigenvalue weighted by Crippen LogP contribution is -2.38. The molecular formula is C23H33IN4O3S. The van der Waals surface area contributed by atoms with Gasteiger partial charge >= 0.3 is 0 Å². The summed E-state index contributed by atoms with van der Waals surface area (Å²) in [4.78, 5) is 4.61. The highest BCUT2D eigenvalue weighted by molar-refractivity contribution is 14.0. The van der Waals surface area contributed by atoms with Gasteiger partial charge in [-0.2, -0.15) is 4.31 Å². The number of hydrogen-bond acceptors (Lipinski definition) is 4. The lowest BCUT2D eigenvalue weighted by molar-refractivity contribution is 0.346. The summed E-state index contributed by atoms with van der Waals surface area (Å²) in [6.45, 7) is 2.39. The number of aliphatic imine (C=N–C) groups is 1. The summed E-state index contributed by atoms with van der Waals surface area (Å²) in [6, 6.07) is 15.1. The summed E-state index contributed by atoms with van der Waals surface area (Å²) < 4.78 is 32.8. The molecule has 0 radical (unpaired) electrons. The second-order valence-electron chi connectivity index (χ2n) is 7.53. The predicted octanol–water partition coefficient (Wildman–Crippen LogP) is 3.40. The molecule has 0 unspecified atom stereocenters. The van der Waals surface area contributed by atoms with Gasteiger partial charge in [0.15, 0.2) is 5.96 Å². The number of nitrogens with one attached hydrogen (secondary N) is 2. The fourth-order valence-electron chi connectivity index (χ4n) is 3.70. The SMILES string of the molecule is CN=C(NCCc1ccccc1OC)NCc1cccc(S(=O)(=O)N2CCCCC2)c1.I. The zero-order valence-electron chi connectivity index (χ0n) is 18.7. The molecule has 0 aromatic heterocycles. The van der Waals surface area contributed by atoms with E-state index >= 15 is 0 Å². The van der Waals surface area contributed by atoms with Gasteiger partial charge in [-0.05, 0) is 48.6 Å². The summed E-state index contributed by atoms with van der Waals surface area (Å²) in [7, 11) is -0.0414. The fraction of sp³-hybridized carbons (Fsp3) is 0.435. The highest BCUT2D eigenvalue weighted by Gasteiger charge is 2.25. The van der Waals surface area contributed by atoms with E-state index in [0.717, 1.165) is 42.6 Å². The Morgan fingerprint density at radius 2 is 1.81 bits per heavy atom. The Morgan fingerprint density at radius 1 is 1.06 bits per heavy atom. The van der Waals surface area contributed by atoms with Gasteiger partial charge in [0.1, 0.15) is 5.75 Å². The standard InChI is InChI=1S/C23H32N4O3S.HI/c1-24-23(25-14-13-20-10-4-5-12-22(20)30-2)26-18-19-9-8-11-21(17-19)31(28,29)27-15-6-3-7-16-27;/h4-5,8-12,17H,3,6-7,13-16,18H2,1-2H3,(H2,24,25,26);1H. The van der Waals surface area contributed by atoms with Crippen molar-refractivity contribution in [1.29, 1.82) is 0 Å². The van der Waals surface area contributed by atoms with Crippen LogP contribution in [-0.4, -0.2) is 52.5 Å². The van der Waals surface area contributed by atoms with Gasteiger partial charge < -0.3 is 15.4 Å². The summed E-state index contributed by atoms with van der Waals surface area (Å²) in [5.41, 5.74) is 2.02. The molecule has 0 spiro atoms. The zero-order valence-corrected chi connectivity index (χ0v) is 21.9. The van der Waals surface area contributed by atoms with E-state index in [2.05, 4.69) is 15.6 Å². The van der Waals surface area contributed by atoms with Gasteiger partial charge in [0.2, 0.25) is 10.0 Å². The first-order chi connectivity index (χ1) is 15.0. The summed E-state index contributed by atoms with van der Waals surface area (Å²) in [5, 5.41) is 6.55. The molecule has 1 saturated heterocycles. The van der Waals surface area contributed by atoms with Crippen molar-refractivity contribution in [2.75, 3.05) is 33.8 Å². The number of nitrogens with zero attached hydrogens (tertiary/aromatic N) is 2. The van der Waals surface area contributed by atoms with Crippen LogP contribution in [0.3, 0.4) is 0 Å². The molecule has 0 atom stereocenters.